The minimum atomic E-state index is 0.881. The summed E-state index contributed by atoms with van der Waals surface area (Å²) in [7, 11) is 0. The number of hydrogen-bond donors (Lipinski definition) is 0. The largest absolute Gasteiger partial charge is 0.455 e. The third kappa shape index (κ3) is 3.39. The van der Waals surface area contributed by atoms with Gasteiger partial charge in [0.05, 0.1) is 38.5 Å². The number of fused-ring (bicyclic) bond motifs is 11. The van der Waals surface area contributed by atoms with Crippen LogP contribution in [-0.4, -0.2) is 14.1 Å². The molecule has 0 saturated heterocycles. The Kier molecular flexibility index (Phi) is 4.96. The Morgan fingerprint density at radius 3 is 1.62 bits per heavy atom. The number of benzene rings is 6. The van der Waals surface area contributed by atoms with Crippen LogP contribution in [0.2, 0.25) is 0 Å². The number of furan rings is 1. The Morgan fingerprint density at radius 1 is 0.400 bits per heavy atom. The smallest absolute Gasteiger partial charge is 0.145 e. The molecule has 0 bridgehead atoms. The van der Waals surface area contributed by atoms with Gasteiger partial charge in [-0.25, -0.2) is 4.98 Å². The van der Waals surface area contributed by atoms with E-state index in [2.05, 4.69) is 155 Å². The molecule has 4 heteroatoms. The summed E-state index contributed by atoms with van der Waals surface area (Å²) in [6.07, 6.45) is 0. The van der Waals surface area contributed by atoms with Crippen LogP contribution in [0.25, 0.3) is 88.3 Å². The van der Waals surface area contributed by atoms with Gasteiger partial charge in [-0.15, -0.1) is 0 Å². The molecule has 0 unspecified atom stereocenters. The van der Waals surface area contributed by atoms with Crippen LogP contribution >= 0.6 is 0 Å². The fourth-order valence-electron chi connectivity index (χ4n) is 7.22. The number of nitrogens with zero attached hydrogens (tertiary/aromatic N) is 3. The van der Waals surface area contributed by atoms with Gasteiger partial charge in [-0.1, -0.05) is 91.0 Å². The van der Waals surface area contributed by atoms with E-state index in [9.17, 15) is 0 Å². The van der Waals surface area contributed by atoms with Gasteiger partial charge >= 0.3 is 0 Å². The molecule has 210 valence electrons. The van der Waals surface area contributed by atoms with Crippen molar-refractivity contribution in [3.8, 4) is 22.8 Å². The highest BCUT2D eigenvalue weighted by Crippen LogP contribution is 2.44. The SMILES string of the molecule is c1ccc(-c2cccc(-n3c4ccccc4c4c5oc6c(ccc7c6c6ccccc6n7-c6ccccc6)c5ccc43)n2)cc1. The highest BCUT2D eigenvalue weighted by Gasteiger charge is 2.22. The van der Waals surface area contributed by atoms with Crippen molar-refractivity contribution in [2.75, 3.05) is 0 Å². The molecule has 10 aromatic rings. The van der Waals surface area contributed by atoms with Gasteiger partial charge in [0.15, 0.2) is 0 Å². The molecule has 0 fully saturated rings. The van der Waals surface area contributed by atoms with Crippen molar-refractivity contribution in [3.05, 3.63) is 152 Å². The first kappa shape index (κ1) is 24.3. The lowest BCUT2D eigenvalue weighted by molar-refractivity contribution is 0.677. The first-order valence-corrected chi connectivity index (χ1v) is 15.2. The zero-order chi connectivity index (χ0) is 29.5. The third-order valence-electron chi connectivity index (χ3n) is 9.12. The topological polar surface area (TPSA) is 35.9 Å². The number of aromatic nitrogens is 3. The second-order valence-electron chi connectivity index (χ2n) is 11.6. The summed E-state index contributed by atoms with van der Waals surface area (Å²) in [4.78, 5) is 5.14. The molecular formula is C41H25N3O. The van der Waals surface area contributed by atoms with E-state index in [1.165, 1.54) is 5.39 Å². The average Bonchev–Trinajstić information content (AvgIpc) is 3.76. The van der Waals surface area contributed by atoms with E-state index in [0.717, 1.165) is 82.9 Å². The van der Waals surface area contributed by atoms with Crippen LogP contribution in [-0.2, 0) is 0 Å². The molecule has 6 aromatic carbocycles. The Morgan fingerprint density at radius 2 is 0.956 bits per heavy atom. The van der Waals surface area contributed by atoms with Gasteiger partial charge in [0, 0.05) is 32.8 Å². The maximum absolute atomic E-state index is 7.04. The fraction of sp³-hybridized carbons (Fsp3) is 0. The second-order valence-corrected chi connectivity index (χ2v) is 11.6. The molecule has 0 aliphatic heterocycles. The van der Waals surface area contributed by atoms with E-state index in [-0.39, 0.29) is 0 Å². The van der Waals surface area contributed by atoms with E-state index in [1.807, 2.05) is 6.07 Å². The van der Waals surface area contributed by atoms with Crippen LogP contribution in [0.1, 0.15) is 0 Å². The van der Waals surface area contributed by atoms with Crippen molar-refractivity contribution >= 4 is 65.6 Å². The van der Waals surface area contributed by atoms with Crippen LogP contribution in [0.3, 0.4) is 0 Å². The minimum Gasteiger partial charge on any atom is -0.455 e. The summed E-state index contributed by atoms with van der Waals surface area (Å²) in [5.41, 5.74) is 9.47. The van der Waals surface area contributed by atoms with Crippen molar-refractivity contribution < 1.29 is 4.42 Å². The molecule has 0 aliphatic carbocycles. The Hall–Kier alpha value is -6.13. The van der Waals surface area contributed by atoms with Gasteiger partial charge in [0.1, 0.15) is 17.0 Å². The number of rotatable bonds is 3. The van der Waals surface area contributed by atoms with E-state index < -0.39 is 0 Å². The maximum Gasteiger partial charge on any atom is 0.145 e. The standard InChI is InChI=1S/C41H25N3O/c1-3-12-26(13-4-1)32-18-11-21-37(42-32)44-34-20-10-8-17-31(34)39-36(44)25-23-29-28-22-24-35-38(40(28)45-41(29)39)30-16-7-9-19-33(30)43(35)27-14-5-2-6-15-27/h1-25H. The molecule has 0 saturated carbocycles. The fourth-order valence-corrected chi connectivity index (χ4v) is 7.22. The molecule has 0 spiro atoms. The maximum atomic E-state index is 7.04. The second kappa shape index (κ2) is 9.18. The van der Waals surface area contributed by atoms with Crippen LogP contribution < -0.4 is 0 Å². The van der Waals surface area contributed by atoms with Crippen molar-refractivity contribution in [1.29, 1.82) is 0 Å². The molecule has 0 amide bonds. The predicted octanol–water partition coefficient (Wildman–Crippen LogP) is 10.8. The monoisotopic (exact) mass is 575 g/mol. The highest BCUT2D eigenvalue weighted by molar-refractivity contribution is 6.28. The van der Waals surface area contributed by atoms with E-state index in [1.54, 1.807) is 0 Å². The van der Waals surface area contributed by atoms with Gasteiger partial charge < -0.3 is 8.98 Å². The van der Waals surface area contributed by atoms with Crippen molar-refractivity contribution in [1.82, 2.24) is 14.1 Å². The molecule has 4 aromatic heterocycles. The zero-order valence-electron chi connectivity index (χ0n) is 24.2. The first-order chi connectivity index (χ1) is 22.3. The Bertz CT molecular complexity index is 2750. The van der Waals surface area contributed by atoms with Gasteiger partial charge in [-0.3, -0.25) is 4.57 Å². The number of hydrogen-bond acceptors (Lipinski definition) is 2. The molecule has 0 atom stereocenters. The van der Waals surface area contributed by atoms with Gasteiger partial charge in [0.2, 0.25) is 0 Å². The Balaban J connectivity index is 1.30. The molecule has 0 N–H and O–H groups in total. The van der Waals surface area contributed by atoms with Crippen molar-refractivity contribution in [2.24, 2.45) is 0 Å². The van der Waals surface area contributed by atoms with Gasteiger partial charge in [0.25, 0.3) is 0 Å². The minimum absolute atomic E-state index is 0.881. The summed E-state index contributed by atoms with van der Waals surface area (Å²) in [5.74, 6) is 0.881. The number of para-hydroxylation sites is 3. The molecular weight excluding hydrogens is 550 g/mol. The van der Waals surface area contributed by atoms with Gasteiger partial charge in [-0.2, -0.15) is 0 Å². The highest BCUT2D eigenvalue weighted by atomic mass is 16.3. The summed E-state index contributed by atoms with van der Waals surface area (Å²) < 4.78 is 11.6. The van der Waals surface area contributed by atoms with Crippen LogP contribution in [0.5, 0.6) is 0 Å². The normalized spacial score (nSPS) is 12.0. The molecule has 4 heterocycles. The average molecular weight is 576 g/mol. The first-order valence-electron chi connectivity index (χ1n) is 15.2. The van der Waals surface area contributed by atoms with E-state index in [0.29, 0.717) is 0 Å². The predicted molar refractivity (Wildman–Crippen MR) is 186 cm³/mol. The zero-order valence-corrected chi connectivity index (χ0v) is 24.2. The third-order valence-corrected chi connectivity index (χ3v) is 9.12. The van der Waals surface area contributed by atoms with Crippen LogP contribution in [0, 0.1) is 0 Å². The molecule has 10 rings (SSSR count). The van der Waals surface area contributed by atoms with Crippen molar-refractivity contribution in [2.45, 2.75) is 0 Å². The lowest BCUT2D eigenvalue weighted by Crippen LogP contribution is -1.98. The van der Waals surface area contributed by atoms with Crippen LogP contribution in [0.15, 0.2) is 156 Å². The summed E-state index contributed by atoms with van der Waals surface area (Å²) in [5, 5.41) is 6.80. The van der Waals surface area contributed by atoms with Crippen molar-refractivity contribution in [3.63, 3.8) is 0 Å². The summed E-state index contributed by atoms with van der Waals surface area (Å²) in [6.45, 7) is 0. The van der Waals surface area contributed by atoms with Gasteiger partial charge in [-0.05, 0) is 60.7 Å². The Labute approximate surface area is 258 Å². The van der Waals surface area contributed by atoms with Crippen LogP contribution in [0.4, 0.5) is 0 Å². The molecule has 0 aliphatic rings. The lowest BCUT2D eigenvalue weighted by Gasteiger charge is -2.09. The molecule has 45 heavy (non-hydrogen) atoms. The quantitative estimate of drug-likeness (QED) is 0.210. The summed E-state index contributed by atoms with van der Waals surface area (Å²) in [6, 6.07) is 53.2. The van der Waals surface area contributed by atoms with E-state index >= 15 is 0 Å². The van der Waals surface area contributed by atoms with E-state index in [4.69, 9.17) is 9.40 Å². The number of pyridine rings is 1. The summed E-state index contributed by atoms with van der Waals surface area (Å²) >= 11 is 0. The molecule has 4 nitrogen and oxygen atoms in total. The lowest BCUT2D eigenvalue weighted by atomic mass is 10.1. The molecule has 0 radical (unpaired) electrons.